The van der Waals surface area contributed by atoms with Crippen molar-refractivity contribution < 1.29 is 19.2 Å². The summed E-state index contributed by atoms with van der Waals surface area (Å²) in [5, 5.41) is 11.3. The Hall–Kier alpha value is -1.63. The Kier molecular flexibility index (Phi) is 3.83. The Balaban J connectivity index is 1.62. The lowest BCUT2D eigenvalue weighted by atomic mass is 9.49. The van der Waals surface area contributed by atoms with Crippen molar-refractivity contribution in [2.45, 2.75) is 42.8 Å². The second kappa shape index (κ2) is 5.69. The molecule has 2 atom stereocenters. The van der Waals surface area contributed by atoms with E-state index in [-0.39, 0.29) is 21.7 Å². The Labute approximate surface area is 154 Å². The summed E-state index contributed by atoms with van der Waals surface area (Å²) >= 11 is 3.87. The number of nitro groups is 1. The lowest BCUT2D eigenvalue weighted by Gasteiger charge is -2.58. The predicted molar refractivity (Wildman–Crippen MR) is 94.1 cm³/mol. The van der Waals surface area contributed by atoms with Crippen LogP contribution in [0.1, 0.15) is 38.5 Å². The number of halogens is 1. The number of hydrogen-bond donors (Lipinski definition) is 0. The molecule has 25 heavy (non-hydrogen) atoms. The third-order valence-electron chi connectivity index (χ3n) is 5.99. The summed E-state index contributed by atoms with van der Waals surface area (Å²) < 4.78 is 10.6. The molecule has 0 N–H and O–H groups in total. The number of alkyl halides is 1. The number of nitro benzene ring substituents is 1. The van der Waals surface area contributed by atoms with Gasteiger partial charge in [-0.3, -0.25) is 14.9 Å². The van der Waals surface area contributed by atoms with E-state index in [4.69, 9.17) is 9.47 Å². The molecule has 0 radical (unpaired) electrons. The first-order valence-corrected chi connectivity index (χ1v) is 9.35. The molecule has 5 rings (SSSR count). The Bertz CT molecular complexity index is 735. The molecular weight excluding hydrogens is 390 g/mol. The van der Waals surface area contributed by atoms with Gasteiger partial charge in [0.1, 0.15) is 5.75 Å². The standard InChI is InChI=1S/C18H20BrNO5/c1-24-13-2-3-15(14(5-13)20(22)23)25-16(21)17-6-11-4-12(7-17)9-18(19,8-11)10-17/h2-3,5,11-12H,4,6-10H2,1H3. The number of benzene rings is 1. The summed E-state index contributed by atoms with van der Waals surface area (Å²) in [7, 11) is 1.44. The fraction of sp³-hybridized carbons (Fsp3) is 0.611. The van der Waals surface area contributed by atoms with Crippen molar-refractivity contribution in [1.82, 2.24) is 0 Å². The number of carbonyl (C=O) groups is 1. The van der Waals surface area contributed by atoms with E-state index in [1.807, 2.05) is 0 Å². The smallest absolute Gasteiger partial charge is 0.317 e. The number of hydrogen-bond acceptors (Lipinski definition) is 5. The maximum absolute atomic E-state index is 13.0. The van der Waals surface area contributed by atoms with Gasteiger partial charge in [-0.25, -0.2) is 0 Å². The van der Waals surface area contributed by atoms with Gasteiger partial charge >= 0.3 is 11.7 Å². The minimum Gasteiger partial charge on any atom is -0.496 e. The van der Waals surface area contributed by atoms with E-state index in [1.54, 1.807) is 6.07 Å². The number of rotatable bonds is 4. The highest BCUT2D eigenvalue weighted by Crippen LogP contribution is 2.64. The molecule has 0 aliphatic heterocycles. The van der Waals surface area contributed by atoms with Crippen LogP contribution in [0, 0.1) is 27.4 Å². The molecule has 7 heteroatoms. The molecule has 134 valence electrons. The second-order valence-corrected chi connectivity index (χ2v) is 9.55. The maximum Gasteiger partial charge on any atom is 0.317 e. The quantitative estimate of drug-likeness (QED) is 0.244. The van der Waals surface area contributed by atoms with Crippen LogP contribution in [0.15, 0.2) is 18.2 Å². The van der Waals surface area contributed by atoms with Gasteiger partial charge in [-0.2, -0.15) is 0 Å². The third kappa shape index (κ3) is 2.82. The topological polar surface area (TPSA) is 78.7 Å². The normalized spacial score (nSPS) is 35.4. The summed E-state index contributed by atoms with van der Waals surface area (Å²) in [6, 6.07) is 4.30. The maximum atomic E-state index is 13.0. The zero-order valence-electron chi connectivity index (χ0n) is 14.0. The van der Waals surface area contributed by atoms with Crippen molar-refractivity contribution in [3.63, 3.8) is 0 Å². The van der Waals surface area contributed by atoms with Crippen LogP contribution < -0.4 is 9.47 Å². The van der Waals surface area contributed by atoms with Crippen LogP contribution >= 0.6 is 15.9 Å². The van der Waals surface area contributed by atoms with Gasteiger partial charge in [-0.05, 0) is 62.5 Å². The SMILES string of the molecule is COc1ccc(OC(=O)C23CC4CC(CC(Br)(C4)C2)C3)c([N+](=O)[O-])c1. The number of ether oxygens (including phenoxy) is 2. The van der Waals surface area contributed by atoms with Gasteiger partial charge in [0, 0.05) is 4.32 Å². The van der Waals surface area contributed by atoms with Crippen LogP contribution in [0.25, 0.3) is 0 Å². The van der Waals surface area contributed by atoms with Gasteiger partial charge < -0.3 is 9.47 Å². The van der Waals surface area contributed by atoms with E-state index in [9.17, 15) is 14.9 Å². The van der Waals surface area contributed by atoms with Crippen molar-refractivity contribution in [1.29, 1.82) is 0 Å². The van der Waals surface area contributed by atoms with Gasteiger partial charge in [-0.1, -0.05) is 15.9 Å². The lowest BCUT2D eigenvalue weighted by Crippen LogP contribution is -2.56. The summed E-state index contributed by atoms with van der Waals surface area (Å²) in [4.78, 5) is 23.8. The Morgan fingerprint density at radius 1 is 1.28 bits per heavy atom. The highest BCUT2D eigenvalue weighted by Gasteiger charge is 2.60. The molecule has 0 spiro atoms. The minimum absolute atomic E-state index is 0.00447. The van der Waals surface area contributed by atoms with Gasteiger partial charge in [0.05, 0.1) is 23.5 Å². The van der Waals surface area contributed by atoms with Crippen molar-refractivity contribution in [3.05, 3.63) is 28.3 Å². The number of methoxy groups -OCH3 is 1. The summed E-state index contributed by atoms with van der Waals surface area (Å²) in [6.45, 7) is 0. The number of carbonyl (C=O) groups excluding carboxylic acids is 1. The van der Waals surface area contributed by atoms with Crippen LogP contribution in [0.4, 0.5) is 5.69 Å². The largest absolute Gasteiger partial charge is 0.496 e. The zero-order valence-corrected chi connectivity index (χ0v) is 15.6. The highest BCUT2D eigenvalue weighted by molar-refractivity contribution is 9.10. The summed E-state index contributed by atoms with van der Waals surface area (Å²) in [6.07, 6.45) is 5.84. The predicted octanol–water partition coefficient (Wildman–Crippen LogP) is 4.24. The Morgan fingerprint density at radius 2 is 1.96 bits per heavy atom. The number of nitrogens with zero attached hydrogens (tertiary/aromatic N) is 1. The molecule has 6 nitrogen and oxygen atoms in total. The van der Waals surface area contributed by atoms with Gasteiger partial charge in [-0.15, -0.1) is 0 Å². The molecule has 0 saturated heterocycles. The van der Waals surface area contributed by atoms with Gasteiger partial charge in [0.15, 0.2) is 0 Å². The third-order valence-corrected chi connectivity index (χ3v) is 6.92. The molecule has 0 aromatic heterocycles. The molecule has 2 unspecified atom stereocenters. The van der Waals surface area contributed by atoms with E-state index in [2.05, 4.69) is 15.9 Å². The first kappa shape index (κ1) is 16.8. The molecule has 0 heterocycles. The molecule has 4 aliphatic rings. The molecule has 4 saturated carbocycles. The molecule has 4 aliphatic carbocycles. The van der Waals surface area contributed by atoms with Crippen molar-refractivity contribution in [3.8, 4) is 11.5 Å². The van der Waals surface area contributed by atoms with Crippen molar-refractivity contribution in [2.75, 3.05) is 7.11 Å². The van der Waals surface area contributed by atoms with E-state index >= 15 is 0 Å². The van der Waals surface area contributed by atoms with Crippen LogP contribution in [0.2, 0.25) is 0 Å². The van der Waals surface area contributed by atoms with E-state index in [1.165, 1.54) is 25.7 Å². The summed E-state index contributed by atoms with van der Waals surface area (Å²) in [5.74, 6) is 1.12. The molecule has 1 aromatic carbocycles. The zero-order chi connectivity index (χ0) is 17.8. The lowest BCUT2D eigenvalue weighted by molar-refractivity contribution is -0.385. The second-order valence-electron chi connectivity index (χ2n) is 7.87. The van der Waals surface area contributed by atoms with E-state index in [0.29, 0.717) is 17.6 Å². The first-order chi connectivity index (χ1) is 11.8. The van der Waals surface area contributed by atoms with Crippen molar-refractivity contribution >= 4 is 27.6 Å². The van der Waals surface area contributed by atoms with Crippen molar-refractivity contribution in [2.24, 2.45) is 17.3 Å². The fourth-order valence-electron chi connectivity index (χ4n) is 5.45. The van der Waals surface area contributed by atoms with Crippen LogP contribution in [-0.2, 0) is 4.79 Å². The highest BCUT2D eigenvalue weighted by atomic mass is 79.9. The van der Waals surface area contributed by atoms with Crippen LogP contribution in [0.3, 0.4) is 0 Å². The molecule has 4 bridgehead atoms. The fourth-order valence-corrected chi connectivity index (χ4v) is 6.90. The van der Waals surface area contributed by atoms with E-state index < -0.39 is 10.3 Å². The van der Waals surface area contributed by atoms with Gasteiger partial charge in [0.2, 0.25) is 5.75 Å². The molecular formula is C18H20BrNO5. The average molecular weight is 410 g/mol. The molecule has 4 fully saturated rings. The Morgan fingerprint density at radius 3 is 2.52 bits per heavy atom. The minimum atomic E-state index is -0.545. The van der Waals surface area contributed by atoms with Crippen LogP contribution in [0.5, 0.6) is 11.5 Å². The molecule has 0 amide bonds. The number of esters is 1. The van der Waals surface area contributed by atoms with Crippen LogP contribution in [-0.4, -0.2) is 22.3 Å². The average Bonchev–Trinajstić information content (AvgIpc) is 2.52. The molecule has 1 aromatic rings. The van der Waals surface area contributed by atoms with Gasteiger partial charge in [0.25, 0.3) is 0 Å². The van der Waals surface area contributed by atoms with E-state index in [0.717, 1.165) is 32.1 Å². The first-order valence-electron chi connectivity index (χ1n) is 8.56. The summed E-state index contributed by atoms with van der Waals surface area (Å²) in [5.41, 5.74) is -0.757. The monoisotopic (exact) mass is 409 g/mol.